The van der Waals surface area contributed by atoms with Crippen molar-refractivity contribution in [1.29, 1.82) is 0 Å². The smallest absolute Gasteiger partial charge is 0.302 e. The molecule has 0 atom stereocenters. The number of hydrogen-bond donors (Lipinski definition) is 2. The van der Waals surface area contributed by atoms with Crippen LogP contribution in [0.5, 0.6) is 0 Å². The highest BCUT2D eigenvalue weighted by Crippen LogP contribution is 2.51. The molecule has 0 unspecified atom stereocenters. The summed E-state index contributed by atoms with van der Waals surface area (Å²) in [6.45, 7) is -1.69. The lowest BCUT2D eigenvalue weighted by Gasteiger charge is -2.18. The molecule has 0 aromatic rings. The van der Waals surface area contributed by atoms with E-state index in [9.17, 15) is 9.13 Å². The molecule has 1 heterocycles. The minimum atomic E-state index is -4.20. The van der Waals surface area contributed by atoms with E-state index in [1.165, 1.54) is 0 Å². The minimum absolute atomic E-state index is 0.846. The van der Waals surface area contributed by atoms with Crippen molar-refractivity contribution in [2.75, 3.05) is 13.6 Å². The largest absolute Gasteiger partial charge is 0.476 e. The lowest BCUT2D eigenvalue weighted by molar-refractivity contribution is -0.0255. The van der Waals surface area contributed by atoms with Crippen LogP contribution in [0.25, 0.3) is 0 Å². The molecule has 1 aliphatic rings. The minimum Gasteiger partial charge on any atom is -0.302 e. The molecule has 10 heteroatoms. The number of phosphoric acid groups is 2. The summed E-state index contributed by atoms with van der Waals surface area (Å²) in [6.07, 6.45) is 0. The normalized spacial score (nSPS) is 44.8. The van der Waals surface area contributed by atoms with Crippen LogP contribution in [0.1, 0.15) is 0 Å². The second kappa shape index (κ2) is 3.53. The molecule has 0 aromatic carbocycles. The molecule has 0 saturated carbocycles. The van der Waals surface area contributed by atoms with Gasteiger partial charge in [-0.05, 0) is 0 Å². The van der Waals surface area contributed by atoms with Crippen molar-refractivity contribution in [3.05, 3.63) is 0 Å². The average Bonchev–Trinajstić information content (AvgIpc) is 1.82. The van der Waals surface area contributed by atoms with Crippen molar-refractivity contribution in [3.63, 3.8) is 0 Å². The maximum atomic E-state index is 10.6. The number of phosphoric ester groups is 2. The van der Waals surface area contributed by atoms with Gasteiger partial charge in [0.05, 0.1) is 0 Å². The first-order valence-electron chi connectivity index (χ1n) is 2.65. The second-order valence-electron chi connectivity index (χ2n) is 1.69. The highest BCUT2D eigenvalue weighted by molar-refractivity contribution is 7.48. The topological polar surface area (TPSA) is 112 Å². The van der Waals surface area contributed by atoms with Crippen molar-refractivity contribution in [2.45, 2.75) is 0 Å². The second-order valence-corrected chi connectivity index (χ2v) is 4.60. The van der Waals surface area contributed by atoms with Crippen molar-refractivity contribution in [2.24, 2.45) is 0 Å². The first kappa shape index (κ1) is 10.3. The fourth-order valence-electron chi connectivity index (χ4n) is 0.388. The summed E-state index contributed by atoms with van der Waals surface area (Å²) in [6, 6.07) is 0. The molecule has 0 aliphatic carbocycles. The van der Waals surface area contributed by atoms with Gasteiger partial charge in [-0.3, -0.25) is 18.1 Å². The maximum Gasteiger partial charge on any atom is 0.476 e. The Morgan fingerprint density at radius 3 is 1.33 bits per heavy atom. The fourth-order valence-corrected chi connectivity index (χ4v) is 1.45. The predicted molar refractivity (Wildman–Crippen MR) is 33.7 cm³/mol. The Bertz CT molecular complexity index is 205. The van der Waals surface area contributed by atoms with Crippen LogP contribution in [-0.4, -0.2) is 23.4 Å². The Kier molecular flexibility index (Phi) is 3.03. The summed E-state index contributed by atoms with van der Waals surface area (Å²) in [5, 5.41) is 0. The van der Waals surface area contributed by atoms with Gasteiger partial charge in [-0.15, -0.1) is 0 Å². The van der Waals surface area contributed by atoms with E-state index in [0.29, 0.717) is 0 Å². The fraction of sp³-hybridized carbons (Fsp3) is 1.00. The molecule has 1 fully saturated rings. The van der Waals surface area contributed by atoms with Crippen LogP contribution >= 0.6 is 15.6 Å². The SMILES string of the molecule is O=P1(O)OCOP(=O)(O)OCO1. The third kappa shape index (κ3) is 3.30. The van der Waals surface area contributed by atoms with Crippen LogP contribution in [0.4, 0.5) is 0 Å². The molecule has 12 heavy (non-hydrogen) atoms. The van der Waals surface area contributed by atoms with Crippen molar-refractivity contribution in [3.8, 4) is 0 Å². The molecule has 0 bridgehead atoms. The van der Waals surface area contributed by atoms with E-state index in [2.05, 4.69) is 18.1 Å². The summed E-state index contributed by atoms with van der Waals surface area (Å²) < 4.78 is 37.4. The van der Waals surface area contributed by atoms with Crippen molar-refractivity contribution in [1.82, 2.24) is 0 Å². The molecule has 72 valence electrons. The highest BCUT2D eigenvalue weighted by atomic mass is 31.2. The first-order valence-corrected chi connectivity index (χ1v) is 5.64. The Morgan fingerprint density at radius 2 is 1.08 bits per heavy atom. The van der Waals surface area contributed by atoms with Gasteiger partial charge in [-0.25, -0.2) is 9.13 Å². The van der Waals surface area contributed by atoms with Gasteiger partial charge in [0.1, 0.15) is 0 Å². The molecule has 1 rings (SSSR count). The lowest BCUT2D eigenvalue weighted by atomic mass is 11.6. The van der Waals surface area contributed by atoms with E-state index in [4.69, 9.17) is 9.79 Å². The first-order chi connectivity index (χ1) is 5.41. The zero-order valence-corrected chi connectivity index (χ0v) is 7.44. The van der Waals surface area contributed by atoms with Gasteiger partial charge in [-0.2, -0.15) is 0 Å². The van der Waals surface area contributed by atoms with Gasteiger partial charge in [0, 0.05) is 0 Å². The number of rotatable bonds is 0. The van der Waals surface area contributed by atoms with Gasteiger partial charge in [0.15, 0.2) is 13.6 Å². The summed E-state index contributed by atoms with van der Waals surface area (Å²) in [5.74, 6) is 0. The molecule has 0 aromatic heterocycles. The quantitative estimate of drug-likeness (QED) is 0.556. The van der Waals surface area contributed by atoms with Crippen LogP contribution in [0.15, 0.2) is 0 Å². The van der Waals surface area contributed by atoms with Gasteiger partial charge in [0.2, 0.25) is 0 Å². The van der Waals surface area contributed by atoms with Crippen LogP contribution in [0, 0.1) is 0 Å². The summed E-state index contributed by atoms with van der Waals surface area (Å²) >= 11 is 0. The van der Waals surface area contributed by atoms with Crippen LogP contribution in [0.2, 0.25) is 0 Å². The molecular formula is C2H6O8P2. The number of hydrogen-bond acceptors (Lipinski definition) is 6. The zero-order chi connectivity index (χ0) is 9.24. The predicted octanol–water partition coefficient (Wildman–Crippen LogP) is 0.182. The Labute approximate surface area is 67.2 Å². The van der Waals surface area contributed by atoms with Gasteiger partial charge < -0.3 is 9.79 Å². The van der Waals surface area contributed by atoms with Crippen molar-refractivity contribution < 1.29 is 37.0 Å². The van der Waals surface area contributed by atoms with E-state index in [0.717, 1.165) is 0 Å². The van der Waals surface area contributed by atoms with Crippen molar-refractivity contribution >= 4 is 15.6 Å². The van der Waals surface area contributed by atoms with Gasteiger partial charge in [0.25, 0.3) is 0 Å². The molecule has 0 amide bonds. The third-order valence-corrected chi connectivity index (χ3v) is 2.59. The molecule has 1 saturated heterocycles. The summed E-state index contributed by atoms with van der Waals surface area (Å²) in [7, 11) is -8.39. The third-order valence-electron chi connectivity index (χ3n) is 0.863. The molecule has 0 spiro atoms. The Balaban J connectivity index is 2.57. The van der Waals surface area contributed by atoms with E-state index in [-0.39, 0.29) is 0 Å². The highest BCUT2D eigenvalue weighted by Gasteiger charge is 2.30. The van der Waals surface area contributed by atoms with Gasteiger partial charge >= 0.3 is 15.6 Å². The van der Waals surface area contributed by atoms with Gasteiger partial charge in [-0.1, -0.05) is 0 Å². The van der Waals surface area contributed by atoms with E-state index >= 15 is 0 Å². The monoisotopic (exact) mass is 220 g/mol. The molecule has 1 aliphatic heterocycles. The van der Waals surface area contributed by atoms with E-state index in [1.54, 1.807) is 0 Å². The van der Waals surface area contributed by atoms with Crippen LogP contribution in [0.3, 0.4) is 0 Å². The molecule has 2 N–H and O–H groups in total. The standard InChI is InChI=1S/C2H6O8P2/c3-11(4)7-1-8-12(5,6)10-2-9-11/h1-2H2,(H,3,4)(H,5,6). The summed E-state index contributed by atoms with van der Waals surface area (Å²) in [4.78, 5) is 17.3. The average molecular weight is 220 g/mol. The van der Waals surface area contributed by atoms with Crippen LogP contribution < -0.4 is 0 Å². The van der Waals surface area contributed by atoms with E-state index in [1.807, 2.05) is 0 Å². The van der Waals surface area contributed by atoms with E-state index < -0.39 is 29.2 Å². The zero-order valence-electron chi connectivity index (χ0n) is 5.65. The molecule has 8 nitrogen and oxygen atoms in total. The Morgan fingerprint density at radius 1 is 0.833 bits per heavy atom. The maximum absolute atomic E-state index is 10.6. The van der Waals surface area contributed by atoms with Crippen LogP contribution in [-0.2, 0) is 27.2 Å². The molecular weight excluding hydrogens is 214 g/mol. The summed E-state index contributed by atoms with van der Waals surface area (Å²) in [5.41, 5.74) is 0. The Hall–Kier alpha value is 0.220. The molecule has 0 radical (unpaired) electrons. The lowest BCUT2D eigenvalue weighted by Crippen LogP contribution is -2.08.